The van der Waals surface area contributed by atoms with Crippen molar-refractivity contribution in [2.24, 2.45) is 0 Å². The number of nitrogens with zero attached hydrogens (tertiary/aromatic N) is 2. The molecular weight excluding hydrogens is 412 g/mol. The third-order valence-electron chi connectivity index (χ3n) is 5.21. The quantitative estimate of drug-likeness (QED) is 0.519. The molecule has 29 heavy (non-hydrogen) atoms. The Morgan fingerprint density at radius 3 is 2.69 bits per heavy atom. The molecule has 0 unspecified atom stereocenters. The zero-order valence-electron chi connectivity index (χ0n) is 16.1. The lowest BCUT2D eigenvalue weighted by molar-refractivity contribution is -0.124. The van der Waals surface area contributed by atoms with Gasteiger partial charge in [0.05, 0.1) is 21.1 Å². The van der Waals surface area contributed by atoms with E-state index in [0.29, 0.717) is 33.4 Å². The van der Waals surface area contributed by atoms with E-state index in [9.17, 15) is 9.18 Å². The van der Waals surface area contributed by atoms with Crippen molar-refractivity contribution in [2.45, 2.75) is 51.1 Å². The first-order chi connectivity index (χ1) is 14.0. The highest BCUT2D eigenvalue weighted by Crippen LogP contribution is 2.33. The van der Waals surface area contributed by atoms with Crippen LogP contribution >= 0.6 is 23.2 Å². The Hall–Kier alpha value is -2.11. The molecule has 1 aliphatic rings. The van der Waals surface area contributed by atoms with Gasteiger partial charge >= 0.3 is 0 Å². The van der Waals surface area contributed by atoms with Gasteiger partial charge < -0.3 is 9.88 Å². The van der Waals surface area contributed by atoms with Crippen molar-refractivity contribution in [1.29, 1.82) is 0 Å². The minimum Gasteiger partial charge on any atom is -0.352 e. The minimum absolute atomic E-state index is 0.0329. The van der Waals surface area contributed by atoms with Gasteiger partial charge in [0.1, 0.15) is 17.7 Å². The van der Waals surface area contributed by atoms with E-state index in [1.165, 1.54) is 6.07 Å². The van der Waals surface area contributed by atoms with Gasteiger partial charge in [-0.15, -0.1) is 0 Å². The van der Waals surface area contributed by atoms with Crippen LogP contribution in [0.2, 0.25) is 10.0 Å². The number of hydrogen-bond acceptors (Lipinski definition) is 2. The van der Waals surface area contributed by atoms with E-state index in [1.807, 2.05) is 11.5 Å². The third kappa shape index (κ3) is 4.26. The second-order valence-electron chi connectivity index (χ2n) is 7.51. The molecule has 1 aromatic heterocycles. The first kappa shape index (κ1) is 20.2. The molecule has 1 saturated carbocycles. The van der Waals surface area contributed by atoms with Crippen LogP contribution in [-0.2, 0) is 11.2 Å². The minimum atomic E-state index is -0.440. The van der Waals surface area contributed by atoms with Crippen LogP contribution in [0.3, 0.4) is 0 Å². The Kier molecular flexibility index (Phi) is 5.79. The van der Waals surface area contributed by atoms with Crippen molar-refractivity contribution in [1.82, 2.24) is 14.9 Å². The topological polar surface area (TPSA) is 46.9 Å². The highest BCUT2D eigenvalue weighted by molar-refractivity contribution is 6.42. The molecule has 1 aliphatic carbocycles. The molecule has 1 atom stereocenters. The Morgan fingerprint density at radius 1 is 1.28 bits per heavy atom. The maximum Gasteiger partial charge on any atom is 0.243 e. The molecule has 1 heterocycles. The maximum absolute atomic E-state index is 14.3. The Labute approximate surface area is 179 Å². The highest BCUT2D eigenvalue weighted by Gasteiger charge is 2.30. The molecule has 0 spiro atoms. The zero-order chi connectivity index (χ0) is 20.5. The molecule has 1 N–H and O–H groups in total. The number of carbonyl (C=O) groups is 1. The lowest BCUT2D eigenvalue weighted by Gasteiger charge is -2.21. The first-order valence-corrected chi connectivity index (χ1v) is 10.6. The van der Waals surface area contributed by atoms with E-state index >= 15 is 0 Å². The Bertz CT molecular complexity index is 1060. The normalized spacial score (nSPS) is 14.9. The van der Waals surface area contributed by atoms with E-state index in [2.05, 4.69) is 5.32 Å². The van der Waals surface area contributed by atoms with Crippen LogP contribution in [-0.4, -0.2) is 21.5 Å². The summed E-state index contributed by atoms with van der Waals surface area (Å²) in [6, 6.07) is 9.87. The van der Waals surface area contributed by atoms with Gasteiger partial charge in [0.15, 0.2) is 0 Å². The Balaban J connectivity index is 1.84. The largest absolute Gasteiger partial charge is 0.352 e. The summed E-state index contributed by atoms with van der Waals surface area (Å²) < 4.78 is 16.2. The standard InChI is InChI=1S/C22H22Cl2FN3O/c1-2-5-19(22(29)26-14-8-9-14)28-20-12-16(24)15(23)11-18(20)27-21(28)10-13-6-3-4-7-17(13)25/h3-4,6-7,11-12,14,19H,2,5,8-10H2,1H3,(H,26,29)/t19-/m1/s1. The number of amides is 1. The molecule has 0 bridgehead atoms. The number of aromatic nitrogens is 2. The highest BCUT2D eigenvalue weighted by atomic mass is 35.5. The van der Waals surface area contributed by atoms with Crippen molar-refractivity contribution < 1.29 is 9.18 Å². The summed E-state index contributed by atoms with van der Waals surface area (Å²) in [4.78, 5) is 17.8. The number of fused-ring (bicyclic) bond motifs is 1. The fourth-order valence-corrected chi connectivity index (χ4v) is 3.92. The number of nitrogens with one attached hydrogen (secondary N) is 1. The van der Waals surface area contributed by atoms with Crippen molar-refractivity contribution in [3.05, 3.63) is 63.6 Å². The molecule has 4 rings (SSSR count). The van der Waals surface area contributed by atoms with Crippen molar-refractivity contribution in [2.75, 3.05) is 0 Å². The predicted octanol–water partition coefficient (Wildman–Crippen LogP) is 5.69. The van der Waals surface area contributed by atoms with Gasteiger partial charge in [0.25, 0.3) is 0 Å². The summed E-state index contributed by atoms with van der Waals surface area (Å²) >= 11 is 12.5. The molecule has 152 valence electrons. The van der Waals surface area contributed by atoms with E-state index in [-0.39, 0.29) is 24.2 Å². The average molecular weight is 434 g/mol. The number of imidazole rings is 1. The second-order valence-corrected chi connectivity index (χ2v) is 8.32. The van der Waals surface area contributed by atoms with Gasteiger partial charge in [-0.3, -0.25) is 4.79 Å². The van der Waals surface area contributed by atoms with Gasteiger partial charge in [-0.1, -0.05) is 54.7 Å². The first-order valence-electron chi connectivity index (χ1n) is 9.87. The van der Waals surface area contributed by atoms with Gasteiger partial charge in [-0.2, -0.15) is 0 Å². The summed E-state index contributed by atoms with van der Waals surface area (Å²) in [6.07, 6.45) is 3.77. The van der Waals surface area contributed by atoms with Gasteiger partial charge in [-0.05, 0) is 43.0 Å². The number of halogens is 3. The molecule has 4 nitrogen and oxygen atoms in total. The molecule has 0 aliphatic heterocycles. The lowest BCUT2D eigenvalue weighted by Crippen LogP contribution is -2.34. The van der Waals surface area contributed by atoms with E-state index in [0.717, 1.165) is 24.8 Å². The van der Waals surface area contributed by atoms with Crippen LogP contribution in [0.4, 0.5) is 4.39 Å². The molecule has 0 radical (unpaired) electrons. The van der Waals surface area contributed by atoms with Crippen LogP contribution in [0.15, 0.2) is 36.4 Å². The summed E-state index contributed by atoms with van der Waals surface area (Å²) in [7, 11) is 0. The number of rotatable bonds is 7. The summed E-state index contributed by atoms with van der Waals surface area (Å²) in [5, 5.41) is 3.90. The van der Waals surface area contributed by atoms with E-state index in [4.69, 9.17) is 28.2 Å². The van der Waals surface area contributed by atoms with Crippen molar-refractivity contribution in [3.63, 3.8) is 0 Å². The maximum atomic E-state index is 14.3. The summed E-state index contributed by atoms with van der Waals surface area (Å²) in [6.45, 7) is 2.04. The zero-order valence-corrected chi connectivity index (χ0v) is 17.6. The molecule has 1 fully saturated rings. The molecule has 1 amide bonds. The second kappa shape index (κ2) is 8.33. The SMILES string of the molecule is CCC[C@H](C(=O)NC1CC1)n1c(Cc2ccccc2F)nc2cc(Cl)c(Cl)cc21. The Morgan fingerprint density at radius 2 is 2.00 bits per heavy atom. The number of benzene rings is 2. The van der Waals surface area contributed by atoms with Crippen molar-refractivity contribution in [3.8, 4) is 0 Å². The lowest BCUT2D eigenvalue weighted by atomic mass is 10.1. The fraction of sp³-hybridized carbons (Fsp3) is 0.364. The van der Waals surface area contributed by atoms with Gasteiger partial charge in [0.2, 0.25) is 5.91 Å². The molecule has 0 saturated heterocycles. The molecule has 3 aromatic rings. The number of carbonyl (C=O) groups excluding carboxylic acids is 1. The van der Waals surface area contributed by atoms with Gasteiger partial charge in [0, 0.05) is 12.5 Å². The van der Waals surface area contributed by atoms with Crippen LogP contribution < -0.4 is 5.32 Å². The number of hydrogen-bond donors (Lipinski definition) is 1. The van der Waals surface area contributed by atoms with Crippen LogP contribution in [0.25, 0.3) is 11.0 Å². The summed E-state index contributed by atoms with van der Waals surface area (Å²) in [5.41, 5.74) is 1.90. The van der Waals surface area contributed by atoms with Crippen molar-refractivity contribution >= 4 is 40.1 Å². The molecule has 7 heteroatoms. The third-order valence-corrected chi connectivity index (χ3v) is 5.93. The van der Waals surface area contributed by atoms with Gasteiger partial charge in [-0.25, -0.2) is 9.37 Å². The monoisotopic (exact) mass is 433 g/mol. The smallest absolute Gasteiger partial charge is 0.243 e. The predicted molar refractivity (Wildman–Crippen MR) is 114 cm³/mol. The van der Waals surface area contributed by atoms with Crippen LogP contribution in [0.1, 0.15) is 50.0 Å². The molecule has 2 aromatic carbocycles. The van der Waals surface area contributed by atoms with E-state index < -0.39 is 6.04 Å². The average Bonchev–Trinajstić information content (AvgIpc) is 3.44. The van der Waals surface area contributed by atoms with Crippen LogP contribution in [0.5, 0.6) is 0 Å². The fourth-order valence-electron chi connectivity index (χ4n) is 3.60. The molecular formula is C22H22Cl2FN3O. The van der Waals surface area contributed by atoms with Crippen LogP contribution in [0, 0.1) is 5.82 Å². The summed E-state index contributed by atoms with van der Waals surface area (Å²) in [5.74, 6) is 0.291. The van der Waals surface area contributed by atoms with E-state index in [1.54, 1.807) is 30.3 Å².